The van der Waals surface area contributed by atoms with E-state index in [0.29, 0.717) is 5.82 Å². The minimum atomic E-state index is -0.261. The molecule has 1 saturated heterocycles. The molecule has 1 aromatic heterocycles. The van der Waals surface area contributed by atoms with E-state index in [1.165, 1.54) is 12.1 Å². The van der Waals surface area contributed by atoms with Crippen LogP contribution in [0.1, 0.15) is 38.5 Å². The molecule has 21 heavy (non-hydrogen) atoms. The summed E-state index contributed by atoms with van der Waals surface area (Å²) in [6.07, 6.45) is 4.19. The summed E-state index contributed by atoms with van der Waals surface area (Å²) in [5.41, 5.74) is 0.776. The van der Waals surface area contributed by atoms with Gasteiger partial charge in [0, 0.05) is 5.56 Å². The minimum absolute atomic E-state index is 0.00865. The first-order chi connectivity index (χ1) is 10.2. The first-order valence-electron chi connectivity index (χ1n) is 7.54. The molecule has 112 valence electrons. The summed E-state index contributed by atoms with van der Waals surface area (Å²) < 4.78 is 18.6. The molecule has 5 heteroatoms. The summed E-state index contributed by atoms with van der Waals surface area (Å²) in [6.45, 7) is 4.14. The second-order valence-electron chi connectivity index (χ2n) is 5.71. The standard InChI is InChI=1S/C16H20FN3O/c1-2-7-16(8-10-18-11-9-16)15-19-14(20-21-15)12-3-5-13(17)6-4-12/h3-6,18H,2,7-11H2,1H3. The van der Waals surface area contributed by atoms with Gasteiger partial charge in [-0.2, -0.15) is 4.98 Å². The molecule has 0 radical (unpaired) electrons. The lowest BCUT2D eigenvalue weighted by Crippen LogP contribution is -2.40. The van der Waals surface area contributed by atoms with E-state index in [2.05, 4.69) is 22.4 Å². The van der Waals surface area contributed by atoms with Crippen molar-refractivity contribution in [2.75, 3.05) is 13.1 Å². The number of piperidine rings is 1. The second-order valence-corrected chi connectivity index (χ2v) is 5.71. The van der Waals surface area contributed by atoms with Crippen molar-refractivity contribution in [2.45, 2.75) is 38.0 Å². The molecule has 4 nitrogen and oxygen atoms in total. The molecular formula is C16H20FN3O. The predicted octanol–water partition coefficient (Wildman–Crippen LogP) is 3.30. The molecule has 0 saturated carbocycles. The third-order valence-corrected chi connectivity index (χ3v) is 4.27. The Hall–Kier alpha value is -1.75. The maximum Gasteiger partial charge on any atom is 0.233 e. The second kappa shape index (κ2) is 5.93. The number of halogens is 1. The van der Waals surface area contributed by atoms with Gasteiger partial charge in [0.1, 0.15) is 5.82 Å². The van der Waals surface area contributed by atoms with Crippen molar-refractivity contribution in [3.8, 4) is 11.4 Å². The van der Waals surface area contributed by atoms with Gasteiger partial charge in [-0.15, -0.1) is 0 Å². The summed E-state index contributed by atoms with van der Waals surface area (Å²) in [4.78, 5) is 4.60. The molecule has 0 unspecified atom stereocenters. The Labute approximate surface area is 123 Å². The predicted molar refractivity (Wildman–Crippen MR) is 78.4 cm³/mol. The molecule has 1 N–H and O–H groups in total. The van der Waals surface area contributed by atoms with Crippen LogP contribution in [0.15, 0.2) is 28.8 Å². The first kappa shape index (κ1) is 14.2. The summed E-state index contributed by atoms with van der Waals surface area (Å²) in [7, 11) is 0. The van der Waals surface area contributed by atoms with Gasteiger partial charge >= 0.3 is 0 Å². The number of rotatable bonds is 4. The molecule has 1 fully saturated rings. The van der Waals surface area contributed by atoms with Crippen molar-refractivity contribution >= 4 is 0 Å². The number of hydrogen-bond acceptors (Lipinski definition) is 4. The highest BCUT2D eigenvalue weighted by molar-refractivity contribution is 5.53. The Bertz CT molecular complexity index is 582. The van der Waals surface area contributed by atoms with E-state index in [4.69, 9.17) is 4.52 Å². The number of hydrogen-bond donors (Lipinski definition) is 1. The van der Waals surface area contributed by atoms with Gasteiger partial charge in [0.15, 0.2) is 0 Å². The van der Waals surface area contributed by atoms with E-state index in [1.54, 1.807) is 12.1 Å². The molecule has 3 rings (SSSR count). The number of benzene rings is 1. The van der Waals surface area contributed by atoms with Gasteiger partial charge in [0.05, 0.1) is 5.41 Å². The van der Waals surface area contributed by atoms with E-state index in [9.17, 15) is 4.39 Å². The molecule has 1 aliphatic rings. The Kier molecular flexibility index (Phi) is 4.01. The maximum atomic E-state index is 13.0. The zero-order valence-electron chi connectivity index (χ0n) is 12.2. The van der Waals surface area contributed by atoms with Crippen molar-refractivity contribution in [2.24, 2.45) is 0 Å². The molecule has 0 atom stereocenters. The fraction of sp³-hybridized carbons (Fsp3) is 0.500. The van der Waals surface area contributed by atoms with Gasteiger partial charge in [-0.05, 0) is 56.6 Å². The van der Waals surface area contributed by atoms with Gasteiger partial charge in [-0.25, -0.2) is 4.39 Å². The number of nitrogens with zero attached hydrogens (tertiary/aromatic N) is 2. The van der Waals surface area contributed by atoms with Crippen LogP contribution in [-0.2, 0) is 5.41 Å². The number of aromatic nitrogens is 2. The molecule has 0 bridgehead atoms. The highest BCUT2D eigenvalue weighted by atomic mass is 19.1. The smallest absolute Gasteiger partial charge is 0.233 e. The first-order valence-corrected chi connectivity index (χ1v) is 7.54. The molecular weight excluding hydrogens is 269 g/mol. The van der Waals surface area contributed by atoms with Crippen LogP contribution in [0.2, 0.25) is 0 Å². The molecule has 1 aliphatic heterocycles. The summed E-state index contributed by atoms with van der Waals surface area (Å²) in [6, 6.07) is 6.19. The Morgan fingerprint density at radius 2 is 1.95 bits per heavy atom. The van der Waals surface area contributed by atoms with Crippen LogP contribution in [0, 0.1) is 5.82 Å². The van der Waals surface area contributed by atoms with E-state index < -0.39 is 0 Å². The largest absolute Gasteiger partial charge is 0.338 e. The topological polar surface area (TPSA) is 51.0 Å². The fourth-order valence-corrected chi connectivity index (χ4v) is 3.11. The lowest BCUT2D eigenvalue weighted by molar-refractivity contribution is 0.208. The Balaban J connectivity index is 1.90. The molecule has 2 heterocycles. The van der Waals surface area contributed by atoms with E-state index in [1.807, 2.05) is 0 Å². The summed E-state index contributed by atoms with van der Waals surface area (Å²) in [5.74, 6) is 1.01. The van der Waals surface area contributed by atoms with Crippen molar-refractivity contribution in [1.82, 2.24) is 15.5 Å². The maximum absolute atomic E-state index is 13.0. The summed E-state index contributed by atoms with van der Waals surface area (Å²) in [5, 5.41) is 7.47. The van der Waals surface area contributed by atoms with Crippen molar-refractivity contribution in [3.05, 3.63) is 36.0 Å². The van der Waals surface area contributed by atoms with Crippen LogP contribution in [0.3, 0.4) is 0 Å². The van der Waals surface area contributed by atoms with E-state index in [-0.39, 0.29) is 11.2 Å². The third kappa shape index (κ3) is 2.83. The third-order valence-electron chi connectivity index (χ3n) is 4.27. The molecule has 0 aliphatic carbocycles. The summed E-state index contributed by atoms with van der Waals surface area (Å²) >= 11 is 0. The molecule has 2 aromatic rings. The highest BCUT2D eigenvalue weighted by Gasteiger charge is 2.38. The Morgan fingerprint density at radius 3 is 2.62 bits per heavy atom. The van der Waals surface area contributed by atoms with E-state index in [0.717, 1.165) is 50.2 Å². The lowest BCUT2D eigenvalue weighted by Gasteiger charge is -2.34. The fourth-order valence-electron chi connectivity index (χ4n) is 3.11. The lowest BCUT2D eigenvalue weighted by atomic mass is 9.75. The number of nitrogens with one attached hydrogen (secondary N) is 1. The van der Waals surface area contributed by atoms with Crippen LogP contribution >= 0.6 is 0 Å². The Morgan fingerprint density at radius 1 is 1.24 bits per heavy atom. The molecule has 1 aromatic carbocycles. The SMILES string of the molecule is CCCC1(c2nc(-c3ccc(F)cc3)no2)CCNCC1. The monoisotopic (exact) mass is 289 g/mol. The van der Waals surface area contributed by atoms with Crippen LogP contribution in [0.4, 0.5) is 4.39 Å². The van der Waals surface area contributed by atoms with E-state index >= 15 is 0 Å². The van der Waals surface area contributed by atoms with Gasteiger partial charge in [0.25, 0.3) is 0 Å². The average Bonchev–Trinajstić information content (AvgIpc) is 3.00. The van der Waals surface area contributed by atoms with Crippen LogP contribution in [-0.4, -0.2) is 23.2 Å². The van der Waals surface area contributed by atoms with Gasteiger partial charge in [-0.1, -0.05) is 18.5 Å². The van der Waals surface area contributed by atoms with Crippen molar-refractivity contribution in [3.63, 3.8) is 0 Å². The van der Waals surface area contributed by atoms with Gasteiger partial charge in [0.2, 0.25) is 11.7 Å². The van der Waals surface area contributed by atoms with Crippen LogP contribution < -0.4 is 5.32 Å². The van der Waals surface area contributed by atoms with Crippen molar-refractivity contribution in [1.29, 1.82) is 0 Å². The van der Waals surface area contributed by atoms with Gasteiger partial charge < -0.3 is 9.84 Å². The highest BCUT2D eigenvalue weighted by Crippen LogP contribution is 2.37. The van der Waals surface area contributed by atoms with Gasteiger partial charge in [-0.3, -0.25) is 0 Å². The normalized spacial score (nSPS) is 17.8. The van der Waals surface area contributed by atoms with Crippen LogP contribution in [0.25, 0.3) is 11.4 Å². The molecule has 0 spiro atoms. The van der Waals surface area contributed by atoms with Crippen LogP contribution in [0.5, 0.6) is 0 Å². The zero-order chi connectivity index (χ0) is 14.7. The quantitative estimate of drug-likeness (QED) is 0.938. The zero-order valence-corrected chi connectivity index (χ0v) is 12.2. The minimum Gasteiger partial charge on any atom is -0.338 e. The average molecular weight is 289 g/mol. The molecule has 0 amide bonds. The van der Waals surface area contributed by atoms with Crippen molar-refractivity contribution < 1.29 is 8.91 Å².